The predicted octanol–water partition coefficient (Wildman–Crippen LogP) is 1.14. The van der Waals surface area contributed by atoms with Crippen molar-refractivity contribution in [1.29, 1.82) is 0 Å². The Labute approximate surface area is 70.8 Å². The van der Waals surface area contributed by atoms with Crippen LogP contribution in [0.2, 0.25) is 0 Å². The van der Waals surface area contributed by atoms with Gasteiger partial charge >= 0.3 is 6.09 Å². The van der Waals surface area contributed by atoms with Crippen molar-refractivity contribution in [2.45, 2.75) is 0 Å². The summed E-state index contributed by atoms with van der Waals surface area (Å²) in [6, 6.07) is 3.38. The smallest absolute Gasteiger partial charge is 0.409 e. The number of pyridine rings is 1. The standard InChI is InChI=1S/C8H10N2O2/c1-10(2)8(11)12-7-4-3-5-9-6-7/h3-6H,1-2H3. The highest BCUT2D eigenvalue weighted by molar-refractivity contribution is 5.69. The van der Waals surface area contributed by atoms with Gasteiger partial charge in [-0.2, -0.15) is 0 Å². The van der Waals surface area contributed by atoms with Gasteiger partial charge in [0.2, 0.25) is 0 Å². The molecule has 1 aromatic heterocycles. The minimum atomic E-state index is -0.400. The molecule has 12 heavy (non-hydrogen) atoms. The van der Waals surface area contributed by atoms with Crippen molar-refractivity contribution < 1.29 is 9.53 Å². The highest BCUT2D eigenvalue weighted by atomic mass is 16.6. The minimum Gasteiger partial charge on any atom is -0.409 e. The van der Waals surface area contributed by atoms with E-state index < -0.39 is 6.09 Å². The van der Waals surface area contributed by atoms with E-state index in [1.165, 1.54) is 11.1 Å². The molecule has 0 bridgehead atoms. The minimum absolute atomic E-state index is 0.400. The van der Waals surface area contributed by atoms with Crippen molar-refractivity contribution in [2.75, 3.05) is 14.1 Å². The lowest BCUT2D eigenvalue weighted by Crippen LogP contribution is -2.25. The number of rotatable bonds is 1. The molecule has 0 N–H and O–H groups in total. The van der Waals surface area contributed by atoms with E-state index in [0.717, 1.165) is 0 Å². The second-order valence-corrected chi connectivity index (χ2v) is 2.45. The van der Waals surface area contributed by atoms with Crippen LogP contribution < -0.4 is 4.74 Å². The van der Waals surface area contributed by atoms with Gasteiger partial charge in [0.15, 0.2) is 5.75 Å². The Balaban J connectivity index is 2.59. The Hall–Kier alpha value is -1.58. The maximum absolute atomic E-state index is 11.0. The molecule has 0 spiro atoms. The van der Waals surface area contributed by atoms with Crippen LogP contribution in [-0.2, 0) is 0 Å². The molecule has 1 heterocycles. The van der Waals surface area contributed by atoms with Crippen LogP contribution in [0.4, 0.5) is 4.79 Å². The van der Waals surface area contributed by atoms with Gasteiger partial charge in [-0.15, -0.1) is 0 Å². The van der Waals surface area contributed by atoms with E-state index in [1.807, 2.05) is 0 Å². The van der Waals surface area contributed by atoms with E-state index in [9.17, 15) is 4.79 Å². The molecule has 4 nitrogen and oxygen atoms in total. The van der Waals surface area contributed by atoms with Gasteiger partial charge in [0.1, 0.15) is 0 Å². The van der Waals surface area contributed by atoms with Crippen LogP contribution >= 0.6 is 0 Å². The molecule has 1 rings (SSSR count). The van der Waals surface area contributed by atoms with Crippen molar-refractivity contribution in [3.05, 3.63) is 24.5 Å². The maximum Gasteiger partial charge on any atom is 0.414 e. The Morgan fingerprint density at radius 1 is 1.58 bits per heavy atom. The number of carbonyl (C=O) groups excluding carboxylic acids is 1. The van der Waals surface area contributed by atoms with Gasteiger partial charge in [-0.3, -0.25) is 4.98 Å². The molecule has 1 aromatic rings. The van der Waals surface area contributed by atoms with Gasteiger partial charge < -0.3 is 9.64 Å². The summed E-state index contributed by atoms with van der Waals surface area (Å²) < 4.78 is 4.90. The first-order valence-corrected chi connectivity index (χ1v) is 3.49. The molecule has 4 heteroatoms. The largest absolute Gasteiger partial charge is 0.414 e. The summed E-state index contributed by atoms with van der Waals surface area (Å²) in [7, 11) is 3.25. The molecule has 64 valence electrons. The van der Waals surface area contributed by atoms with Crippen molar-refractivity contribution in [1.82, 2.24) is 9.88 Å². The molecule has 0 saturated heterocycles. The number of carbonyl (C=O) groups is 1. The maximum atomic E-state index is 11.0. The first-order valence-electron chi connectivity index (χ1n) is 3.49. The zero-order valence-corrected chi connectivity index (χ0v) is 7.02. The molecule has 0 fully saturated rings. The summed E-state index contributed by atoms with van der Waals surface area (Å²) in [6.45, 7) is 0. The average molecular weight is 166 g/mol. The van der Waals surface area contributed by atoms with Gasteiger partial charge in [-0.1, -0.05) is 0 Å². The highest BCUT2D eigenvalue weighted by Crippen LogP contribution is 2.06. The number of ether oxygens (including phenoxy) is 1. The van der Waals surface area contributed by atoms with Crippen LogP contribution in [0.1, 0.15) is 0 Å². The zero-order valence-electron chi connectivity index (χ0n) is 7.02. The van der Waals surface area contributed by atoms with Crippen molar-refractivity contribution in [3.8, 4) is 5.75 Å². The van der Waals surface area contributed by atoms with Gasteiger partial charge in [-0.05, 0) is 12.1 Å². The first kappa shape index (κ1) is 8.52. The average Bonchev–Trinajstić information content (AvgIpc) is 2.06. The SMILES string of the molecule is CN(C)C(=O)Oc1cccnc1. The highest BCUT2D eigenvalue weighted by Gasteiger charge is 2.05. The number of hydrogen-bond acceptors (Lipinski definition) is 3. The quantitative estimate of drug-likeness (QED) is 0.628. The lowest BCUT2D eigenvalue weighted by molar-refractivity contribution is 0.171. The number of aromatic nitrogens is 1. The molecule has 0 unspecified atom stereocenters. The Morgan fingerprint density at radius 2 is 2.33 bits per heavy atom. The second-order valence-electron chi connectivity index (χ2n) is 2.45. The fourth-order valence-corrected chi connectivity index (χ4v) is 0.600. The zero-order chi connectivity index (χ0) is 8.97. The molecule has 0 radical (unpaired) electrons. The van der Waals surface area contributed by atoms with Gasteiger partial charge in [0.05, 0.1) is 6.20 Å². The summed E-state index contributed by atoms with van der Waals surface area (Å²) in [5.41, 5.74) is 0. The van der Waals surface area contributed by atoms with Crippen molar-refractivity contribution in [3.63, 3.8) is 0 Å². The van der Waals surface area contributed by atoms with E-state index in [4.69, 9.17) is 4.74 Å². The summed E-state index contributed by atoms with van der Waals surface area (Å²) in [4.78, 5) is 16.1. The fraction of sp³-hybridized carbons (Fsp3) is 0.250. The summed E-state index contributed by atoms with van der Waals surface area (Å²) in [5.74, 6) is 0.455. The third-order valence-electron chi connectivity index (χ3n) is 1.20. The van der Waals surface area contributed by atoms with Crippen molar-refractivity contribution >= 4 is 6.09 Å². The fourth-order valence-electron chi connectivity index (χ4n) is 0.600. The molecule has 0 aromatic carbocycles. The van der Waals surface area contributed by atoms with E-state index in [1.54, 1.807) is 32.4 Å². The molecule has 1 amide bonds. The van der Waals surface area contributed by atoms with Gasteiger partial charge in [-0.25, -0.2) is 4.79 Å². The van der Waals surface area contributed by atoms with Crippen LogP contribution in [0, 0.1) is 0 Å². The Bertz CT molecular complexity index is 259. The topological polar surface area (TPSA) is 42.4 Å². The first-order chi connectivity index (χ1) is 5.70. The third kappa shape index (κ3) is 2.23. The van der Waals surface area contributed by atoms with Crippen LogP contribution in [0.5, 0.6) is 5.75 Å². The molecule has 0 atom stereocenters. The molecule has 0 aliphatic heterocycles. The lowest BCUT2D eigenvalue weighted by atomic mass is 10.5. The number of hydrogen-bond donors (Lipinski definition) is 0. The summed E-state index contributed by atoms with van der Waals surface area (Å²) in [6.07, 6.45) is 2.71. The van der Waals surface area contributed by atoms with Crippen LogP contribution in [0.3, 0.4) is 0 Å². The van der Waals surface area contributed by atoms with Crippen LogP contribution in [0.25, 0.3) is 0 Å². The molecule has 0 aliphatic carbocycles. The van der Waals surface area contributed by atoms with E-state index >= 15 is 0 Å². The summed E-state index contributed by atoms with van der Waals surface area (Å²) in [5, 5.41) is 0. The van der Waals surface area contributed by atoms with Gasteiger partial charge in [0.25, 0.3) is 0 Å². The monoisotopic (exact) mass is 166 g/mol. The van der Waals surface area contributed by atoms with E-state index in [-0.39, 0.29) is 0 Å². The lowest BCUT2D eigenvalue weighted by Gasteiger charge is -2.09. The third-order valence-corrected chi connectivity index (χ3v) is 1.20. The predicted molar refractivity (Wildman–Crippen MR) is 43.9 cm³/mol. The summed E-state index contributed by atoms with van der Waals surface area (Å²) >= 11 is 0. The molecule has 0 aliphatic rings. The van der Waals surface area contributed by atoms with E-state index in [0.29, 0.717) is 5.75 Å². The second kappa shape index (κ2) is 3.71. The number of nitrogens with zero attached hydrogens (tertiary/aromatic N) is 2. The van der Waals surface area contributed by atoms with Crippen LogP contribution in [-0.4, -0.2) is 30.1 Å². The molecular weight excluding hydrogens is 156 g/mol. The van der Waals surface area contributed by atoms with Crippen molar-refractivity contribution in [2.24, 2.45) is 0 Å². The molecular formula is C8H10N2O2. The van der Waals surface area contributed by atoms with Gasteiger partial charge in [0, 0.05) is 20.3 Å². The Kier molecular flexibility index (Phi) is 2.63. The number of amides is 1. The Morgan fingerprint density at radius 3 is 2.83 bits per heavy atom. The van der Waals surface area contributed by atoms with Crippen LogP contribution in [0.15, 0.2) is 24.5 Å². The van der Waals surface area contributed by atoms with E-state index in [2.05, 4.69) is 4.98 Å². The normalized spacial score (nSPS) is 9.17. The molecule has 0 saturated carbocycles.